The minimum Gasteiger partial charge on any atom is -0.481 e. The van der Waals surface area contributed by atoms with Crippen molar-refractivity contribution < 1.29 is 14.6 Å². The Morgan fingerprint density at radius 2 is 2.50 bits per heavy atom. The van der Waals surface area contributed by atoms with Gasteiger partial charge in [-0.15, -0.1) is 0 Å². The van der Waals surface area contributed by atoms with Crippen LogP contribution in [-0.4, -0.2) is 23.8 Å². The van der Waals surface area contributed by atoms with Crippen LogP contribution in [0.1, 0.15) is 32.6 Å². The van der Waals surface area contributed by atoms with E-state index >= 15 is 0 Å². The van der Waals surface area contributed by atoms with E-state index in [2.05, 4.69) is 0 Å². The molecule has 1 heterocycles. The van der Waals surface area contributed by atoms with Gasteiger partial charge in [-0.05, 0) is 25.7 Å². The van der Waals surface area contributed by atoms with E-state index in [1.54, 1.807) is 6.92 Å². The van der Waals surface area contributed by atoms with Crippen LogP contribution in [0, 0.1) is 5.92 Å². The van der Waals surface area contributed by atoms with Gasteiger partial charge >= 0.3 is 5.97 Å². The Labute approximate surface area is 72.7 Å². The molecular formula is C9H16O3. The second-order valence-electron chi connectivity index (χ2n) is 3.45. The van der Waals surface area contributed by atoms with Gasteiger partial charge in [-0.2, -0.15) is 0 Å². The number of aliphatic carboxylic acids is 1. The molecule has 2 unspecified atom stereocenters. The van der Waals surface area contributed by atoms with Crippen molar-refractivity contribution in [2.45, 2.75) is 38.7 Å². The maximum Gasteiger partial charge on any atom is 0.306 e. The molecule has 0 saturated carbocycles. The topological polar surface area (TPSA) is 46.5 Å². The zero-order valence-electron chi connectivity index (χ0n) is 7.45. The lowest BCUT2D eigenvalue weighted by molar-refractivity contribution is -0.141. The van der Waals surface area contributed by atoms with Crippen molar-refractivity contribution in [3.63, 3.8) is 0 Å². The molecule has 0 radical (unpaired) electrons. The van der Waals surface area contributed by atoms with Crippen molar-refractivity contribution in [3.8, 4) is 0 Å². The Hall–Kier alpha value is -0.570. The third kappa shape index (κ3) is 2.81. The number of carboxylic acids is 1. The van der Waals surface area contributed by atoms with Gasteiger partial charge in [-0.25, -0.2) is 0 Å². The fourth-order valence-corrected chi connectivity index (χ4v) is 1.43. The number of carbonyl (C=O) groups is 1. The number of rotatable bonds is 4. The summed E-state index contributed by atoms with van der Waals surface area (Å²) in [6.07, 6.45) is 4.19. The van der Waals surface area contributed by atoms with Crippen LogP contribution in [0.4, 0.5) is 0 Å². The monoisotopic (exact) mass is 172 g/mol. The highest BCUT2D eigenvalue weighted by Crippen LogP contribution is 2.19. The first-order chi connectivity index (χ1) is 5.70. The minimum absolute atomic E-state index is 0.228. The molecule has 0 aromatic rings. The number of hydrogen-bond donors (Lipinski definition) is 1. The standard InChI is InChI=1S/C9H16O3/c1-7(9(10)11)4-5-8-3-2-6-12-8/h7-8H,2-6H2,1H3,(H,10,11). The van der Waals surface area contributed by atoms with Crippen LogP contribution in [-0.2, 0) is 9.53 Å². The summed E-state index contributed by atoms with van der Waals surface area (Å²) in [7, 11) is 0. The summed E-state index contributed by atoms with van der Waals surface area (Å²) in [5.74, 6) is -0.929. The van der Waals surface area contributed by atoms with E-state index in [1.807, 2.05) is 0 Å². The molecule has 0 amide bonds. The number of ether oxygens (including phenoxy) is 1. The molecule has 1 N–H and O–H groups in total. The Morgan fingerprint density at radius 1 is 1.75 bits per heavy atom. The third-order valence-corrected chi connectivity index (χ3v) is 2.37. The molecule has 0 aromatic heterocycles. The molecule has 1 saturated heterocycles. The van der Waals surface area contributed by atoms with E-state index in [1.165, 1.54) is 0 Å². The van der Waals surface area contributed by atoms with Crippen LogP contribution in [0.15, 0.2) is 0 Å². The lowest BCUT2D eigenvalue weighted by Crippen LogP contribution is -2.13. The lowest BCUT2D eigenvalue weighted by Gasteiger charge is -2.10. The third-order valence-electron chi connectivity index (χ3n) is 2.37. The van der Waals surface area contributed by atoms with Crippen LogP contribution >= 0.6 is 0 Å². The maximum absolute atomic E-state index is 10.5. The molecule has 70 valence electrons. The van der Waals surface area contributed by atoms with Crippen molar-refractivity contribution in [2.24, 2.45) is 5.92 Å². The summed E-state index contributed by atoms with van der Waals surface area (Å²) in [6.45, 7) is 2.60. The van der Waals surface area contributed by atoms with E-state index in [9.17, 15) is 4.79 Å². The van der Waals surface area contributed by atoms with Gasteiger partial charge in [0.05, 0.1) is 12.0 Å². The molecule has 3 nitrogen and oxygen atoms in total. The summed E-state index contributed by atoms with van der Waals surface area (Å²) < 4.78 is 5.39. The predicted molar refractivity (Wildman–Crippen MR) is 45.0 cm³/mol. The minimum atomic E-state index is -0.701. The molecule has 12 heavy (non-hydrogen) atoms. The van der Waals surface area contributed by atoms with Crippen molar-refractivity contribution in [1.82, 2.24) is 0 Å². The summed E-state index contributed by atoms with van der Waals surface area (Å²) >= 11 is 0. The Kier molecular flexibility index (Phi) is 3.53. The molecule has 0 bridgehead atoms. The van der Waals surface area contributed by atoms with E-state index in [0.717, 1.165) is 32.3 Å². The van der Waals surface area contributed by atoms with Gasteiger partial charge in [0.25, 0.3) is 0 Å². The molecule has 2 atom stereocenters. The lowest BCUT2D eigenvalue weighted by atomic mass is 10.0. The quantitative estimate of drug-likeness (QED) is 0.701. The maximum atomic E-state index is 10.5. The second kappa shape index (κ2) is 4.45. The summed E-state index contributed by atoms with van der Waals surface area (Å²) in [4.78, 5) is 10.5. The average molecular weight is 172 g/mol. The van der Waals surface area contributed by atoms with Crippen LogP contribution < -0.4 is 0 Å². The first-order valence-electron chi connectivity index (χ1n) is 4.54. The highest BCUT2D eigenvalue weighted by atomic mass is 16.5. The molecule has 1 fully saturated rings. The number of hydrogen-bond acceptors (Lipinski definition) is 2. The smallest absolute Gasteiger partial charge is 0.306 e. The zero-order chi connectivity index (χ0) is 8.97. The van der Waals surface area contributed by atoms with E-state index in [-0.39, 0.29) is 5.92 Å². The van der Waals surface area contributed by atoms with Crippen LogP contribution in [0.25, 0.3) is 0 Å². The molecular weight excluding hydrogens is 156 g/mol. The first kappa shape index (κ1) is 9.52. The first-order valence-corrected chi connectivity index (χ1v) is 4.54. The molecule has 0 spiro atoms. The Bertz CT molecular complexity index is 150. The fraction of sp³-hybridized carbons (Fsp3) is 0.889. The molecule has 1 rings (SSSR count). The van der Waals surface area contributed by atoms with Crippen molar-refractivity contribution >= 4 is 5.97 Å². The van der Waals surface area contributed by atoms with Gasteiger partial charge in [-0.3, -0.25) is 4.79 Å². The molecule has 0 aliphatic carbocycles. The van der Waals surface area contributed by atoms with Gasteiger partial charge in [-0.1, -0.05) is 6.92 Å². The Balaban J connectivity index is 2.11. The van der Waals surface area contributed by atoms with Crippen molar-refractivity contribution in [2.75, 3.05) is 6.61 Å². The molecule has 0 aromatic carbocycles. The second-order valence-corrected chi connectivity index (χ2v) is 3.45. The fourth-order valence-electron chi connectivity index (χ4n) is 1.43. The predicted octanol–water partition coefficient (Wildman–Crippen LogP) is 1.67. The molecule has 3 heteroatoms. The SMILES string of the molecule is CC(CCC1CCCO1)C(=O)O. The van der Waals surface area contributed by atoms with Gasteiger partial charge in [0.2, 0.25) is 0 Å². The molecule has 1 aliphatic heterocycles. The average Bonchev–Trinajstić information content (AvgIpc) is 2.51. The van der Waals surface area contributed by atoms with E-state index < -0.39 is 5.97 Å². The summed E-state index contributed by atoms with van der Waals surface area (Å²) in [5.41, 5.74) is 0. The van der Waals surface area contributed by atoms with Gasteiger partial charge < -0.3 is 9.84 Å². The molecule has 1 aliphatic rings. The highest BCUT2D eigenvalue weighted by Gasteiger charge is 2.18. The largest absolute Gasteiger partial charge is 0.481 e. The van der Waals surface area contributed by atoms with Gasteiger partial charge in [0.15, 0.2) is 0 Å². The van der Waals surface area contributed by atoms with Crippen molar-refractivity contribution in [1.29, 1.82) is 0 Å². The van der Waals surface area contributed by atoms with Crippen LogP contribution in [0.3, 0.4) is 0 Å². The van der Waals surface area contributed by atoms with E-state index in [4.69, 9.17) is 9.84 Å². The van der Waals surface area contributed by atoms with Crippen LogP contribution in [0.5, 0.6) is 0 Å². The van der Waals surface area contributed by atoms with Crippen LogP contribution in [0.2, 0.25) is 0 Å². The summed E-state index contributed by atoms with van der Waals surface area (Å²) in [5, 5.41) is 8.62. The highest BCUT2D eigenvalue weighted by molar-refractivity contribution is 5.69. The van der Waals surface area contributed by atoms with E-state index in [0.29, 0.717) is 6.10 Å². The normalized spacial score (nSPS) is 25.6. The van der Waals surface area contributed by atoms with Gasteiger partial charge in [0.1, 0.15) is 0 Å². The van der Waals surface area contributed by atoms with Crippen molar-refractivity contribution in [3.05, 3.63) is 0 Å². The Morgan fingerprint density at radius 3 is 3.00 bits per heavy atom. The van der Waals surface area contributed by atoms with Gasteiger partial charge in [0, 0.05) is 6.61 Å². The number of carboxylic acid groups (broad SMARTS) is 1. The zero-order valence-corrected chi connectivity index (χ0v) is 7.45. The summed E-state index contributed by atoms with van der Waals surface area (Å²) in [6, 6.07) is 0.